The molecule has 2 rings (SSSR count). The first-order valence-electron chi connectivity index (χ1n) is 6.06. The standard InChI is InChI=1S/C15H14BrClN2O/c1-9-3-5-14(12(16)7-9)19-15(20)11-8-10(17)4-6-13(11)18-2/h3-8,18H,1-2H3,(H,19,20). The lowest BCUT2D eigenvalue weighted by Crippen LogP contribution is -2.14. The van der Waals surface area contributed by atoms with Gasteiger partial charge in [0.05, 0.1) is 11.3 Å². The fourth-order valence-corrected chi connectivity index (χ4v) is 2.60. The molecule has 0 atom stereocenters. The van der Waals surface area contributed by atoms with Crippen LogP contribution >= 0.6 is 27.5 Å². The van der Waals surface area contributed by atoms with E-state index < -0.39 is 0 Å². The van der Waals surface area contributed by atoms with Crippen LogP contribution < -0.4 is 10.6 Å². The normalized spacial score (nSPS) is 10.2. The van der Waals surface area contributed by atoms with Crippen LogP contribution in [0.5, 0.6) is 0 Å². The monoisotopic (exact) mass is 352 g/mol. The summed E-state index contributed by atoms with van der Waals surface area (Å²) in [5.41, 5.74) is 3.08. The molecule has 2 aromatic rings. The Balaban J connectivity index is 2.30. The Hall–Kier alpha value is -1.52. The number of carbonyl (C=O) groups is 1. The largest absolute Gasteiger partial charge is 0.387 e. The molecule has 104 valence electrons. The smallest absolute Gasteiger partial charge is 0.257 e. The third-order valence-corrected chi connectivity index (χ3v) is 3.76. The molecule has 2 N–H and O–H groups in total. The molecule has 5 heteroatoms. The number of carbonyl (C=O) groups excluding carboxylic acids is 1. The lowest BCUT2D eigenvalue weighted by Gasteiger charge is -2.11. The van der Waals surface area contributed by atoms with Crippen LogP contribution in [0.2, 0.25) is 5.02 Å². The van der Waals surface area contributed by atoms with Crippen molar-refractivity contribution in [1.82, 2.24) is 0 Å². The summed E-state index contributed by atoms with van der Waals surface area (Å²) in [4.78, 5) is 12.4. The van der Waals surface area contributed by atoms with Gasteiger partial charge >= 0.3 is 0 Å². The molecule has 0 saturated carbocycles. The van der Waals surface area contributed by atoms with Crippen molar-refractivity contribution in [3.63, 3.8) is 0 Å². The van der Waals surface area contributed by atoms with Gasteiger partial charge in [-0.1, -0.05) is 17.7 Å². The van der Waals surface area contributed by atoms with Crippen molar-refractivity contribution in [3.8, 4) is 0 Å². The molecular weight excluding hydrogens is 340 g/mol. The number of hydrogen-bond donors (Lipinski definition) is 2. The van der Waals surface area contributed by atoms with Gasteiger partial charge in [0.1, 0.15) is 0 Å². The summed E-state index contributed by atoms with van der Waals surface area (Å²) in [6.45, 7) is 1.99. The van der Waals surface area contributed by atoms with Gasteiger partial charge in [0.15, 0.2) is 0 Å². The predicted octanol–water partition coefficient (Wildman–Crippen LogP) is 4.70. The van der Waals surface area contributed by atoms with E-state index in [0.29, 0.717) is 10.6 Å². The van der Waals surface area contributed by atoms with Crippen molar-refractivity contribution in [1.29, 1.82) is 0 Å². The molecule has 0 aliphatic carbocycles. The van der Waals surface area contributed by atoms with Gasteiger partial charge < -0.3 is 10.6 Å². The van der Waals surface area contributed by atoms with Gasteiger partial charge in [0.25, 0.3) is 5.91 Å². The molecule has 0 unspecified atom stereocenters. The first-order chi connectivity index (χ1) is 9.51. The Kier molecular flexibility index (Phi) is 4.68. The van der Waals surface area contributed by atoms with E-state index in [-0.39, 0.29) is 5.91 Å². The van der Waals surface area contributed by atoms with Crippen LogP contribution in [-0.4, -0.2) is 13.0 Å². The lowest BCUT2D eigenvalue weighted by molar-refractivity contribution is 0.102. The number of rotatable bonds is 3. The van der Waals surface area contributed by atoms with E-state index in [4.69, 9.17) is 11.6 Å². The minimum absolute atomic E-state index is 0.207. The second-order valence-electron chi connectivity index (χ2n) is 4.38. The molecule has 0 aliphatic heterocycles. The fourth-order valence-electron chi connectivity index (χ4n) is 1.83. The third-order valence-electron chi connectivity index (χ3n) is 2.87. The highest BCUT2D eigenvalue weighted by Crippen LogP contribution is 2.26. The minimum Gasteiger partial charge on any atom is -0.387 e. The summed E-state index contributed by atoms with van der Waals surface area (Å²) < 4.78 is 0.846. The summed E-state index contributed by atoms with van der Waals surface area (Å²) >= 11 is 9.40. The van der Waals surface area contributed by atoms with Crippen molar-refractivity contribution < 1.29 is 4.79 Å². The van der Waals surface area contributed by atoms with Gasteiger partial charge in [-0.05, 0) is 58.7 Å². The maximum Gasteiger partial charge on any atom is 0.257 e. The zero-order chi connectivity index (χ0) is 14.7. The molecule has 0 spiro atoms. The maximum atomic E-state index is 12.4. The predicted molar refractivity (Wildman–Crippen MR) is 87.8 cm³/mol. The van der Waals surface area contributed by atoms with Gasteiger partial charge in [0, 0.05) is 22.2 Å². The van der Waals surface area contributed by atoms with Gasteiger partial charge in [-0.3, -0.25) is 4.79 Å². The van der Waals surface area contributed by atoms with Crippen LogP contribution in [0.4, 0.5) is 11.4 Å². The summed E-state index contributed by atoms with van der Waals surface area (Å²) in [7, 11) is 1.77. The van der Waals surface area contributed by atoms with Crippen LogP contribution in [0.15, 0.2) is 40.9 Å². The average molecular weight is 354 g/mol. The van der Waals surface area contributed by atoms with Crippen molar-refractivity contribution in [2.24, 2.45) is 0 Å². The molecule has 2 aromatic carbocycles. The number of amides is 1. The number of nitrogens with one attached hydrogen (secondary N) is 2. The topological polar surface area (TPSA) is 41.1 Å². The molecule has 0 heterocycles. The van der Waals surface area contributed by atoms with Crippen LogP contribution in [0.3, 0.4) is 0 Å². The zero-order valence-electron chi connectivity index (χ0n) is 11.1. The molecule has 0 saturated heterocycles. The first kappa shape index (κ1) is 14.9. The van der Waals surface area contributed by atoms with Crippen molar-refractivity contribution in [2.75, 3.05) is 17.7 Å². The second-order valence-corrected chi connectivity index (χ2v) is 5.67. The van der Waals surface area contributed by atoms with E-state index in [1.165, 1.54) is 0 Å². The van der Waals surface area contributed by atoms with E-state index in [1.54, 1.807) is 25.2 Å². The molecule has 3 nitrogen and oxygen atoms in total. The Morgan fingerprint density at radius 2 is 1.85 bits per heavy atom. The minimum atomic E-state index is -0.207. The van der Waals surface area contributed by atoms with E-state index in [0.717, 1.165) is 21.4 Å². The number of benzene rings is 2. The van der Waals surface area contributed by atoms with E-state index in [1.807, 2.05) is 25.1 Å². The summed E-state index contributed by atoms with van der Waals surface area (Å²) in [6, 6.07) is 10.9. The van der Waals surface area contributed by atoms with Crippen molar-refractivity contribution in [3.05, 3.63) is 57.0 Å². The lowest BCUT2D eigenvalue weighted by atomic mass is 10.1. The summed E-state index contributed by atoms with van der Waals surface area (Å²) in [5.74, 6) is -0.207. The van der Waals surface area contributed by atoms with Crippen LogP contribution in [0.25, 0.3) is 0 Å². The van der Waals surface area contributed by atoms with Crippen LogP contribution in [0, 0.1) is 6.92 Å². The maximum absolute atomic E-state index is 12.4. The van der Waals surface area contributed by atoms with Crippen LogP contribution in [-0.2, 0) is 0 Å². The first-order valence-corrected chi connectivity index (χ1v) is 7.23. The Bertz CT molecular complexity index is 658. The number of aryl methyl sites for hydroxylation is 1. The third kappa shape index (κ3) is 3.32. The number of halogens is 2. The van der Waals surface area contributed by atoms with Gasteiger partial charge in [-0.15, -0.1) is 0 Å². The number of hydrogen-bond acceptors (Lipinski definition) is 2. The molecular formula is C15H14BrClN2O. The zero-order valence-corrected chi connectivity index (χ0v) is 13.5. The van der Waals surface area contributed by atoms with Gasteiger partial charge in [-0.2, -0.15) is 0 Å². The highest BCUT2D eigenvalue weighted by atomic mass is 79.9. The molecule has 20 heavy (non-hydrogen) atoms. The highest BCUT2D eigenvalue weighted by molar-refractivity contribution is 9.10. The van der Waals surface area contributed by atoms with Crippen molar-refractivity contribution in [2.45, 2.75) is 6.92 Å². The molecule has 0 fully saturated rings. The average Bonchev–Trinajstić information content (AvgIpc) is 2.41. The molecule has 0 bridgehead atoms. The van der Waals surface area contributed by atoms with E-state index in [9.17, 15) is 4.79 Å². The summed E-state index contributed by atoms with van der Waals surface area (Å²) in [5, 5.41) is 6.38. The Morgan fingerprint density at radius 1 is 1.15 bits per heavy atom. The van der Waals surface area contributed by atoms with Crippen molar-refractivity contribution >= 4 is 44.8 Å². The van der Waals surface area contributed by atoms with Gasteiger partial charge in [-0.25, -0.2) is 0 Å². The molecule has 0 aliphatic rings. The Labute approximate surface area is 131 Å². The quantitative estimate of drug-likeness (QED) is 0.839. The SMILES string of the molecule is CNc1ccc(Cl)cc1C(=O)Nc1ccc(C)cc1Br. The second kappa shape index (κ2) is 6.29. The molecule has 0 aromatic heterocycles. The van der Waals surface area contributed by atoms with Gasteiger partial charge in [0.2, 0.25) is 0 Å². The number of anilines is 2. The molecule has 1 amide bonds. The van der Waals surface area contributed by atoms with E-state index in [2.05, 4.69) is 26.6 Å². The fraction of sp³-hybridized carbons (Fsp3) is 0.133. The Morgan fingerprint density at radius 3 is 2.50 bits per heavy atom. The highest BCUT2D eigenvalue weighted by Gasteiger charge is 2.13. The molecule has 0 radical (unpaired) electrons. The van der Waals surface area contributed by atoms with Crippen LogP contribution in [0.1, 0.15) is 15.9 Å². The van der Waals surface area contributed by atoms with E-state index >= 15 is 0 Å². The summed E-state index contributed by atoms with van der Waals surface area (Å²) in [6.07, 6.45) is 0.